The molecule has 0 bridgehead atoms. The molecule has 0 spiro atoms. The fourth-order valence-corrected chi connectivity index (χ4v) is 4.12. The van der Waals surface area contributed by atoms with E-state index in [4.69, 9.17) is 0 Å². The van der Waals surface area contributed by atoms with Crippen molar-refractivity contribution < 1.29 is 8.42 Å². The zero-order valence-corrected chi connectivity index (χ0v) is 13.1. The monoisotopic (exact) mass is 296 g/mol. The van der Waals surface area contributed by atoms with Crippen LogP contribution in [0.1, 0.15) is 24.0 Å². The summed E-state index contributed by atoms with van der Waals surface area (Å²) < 4.78 is 26.3. The standard InChI is InChI=1S/C15H24N2O2S/c1-13-5-3-4-6-15(13)11-17(2)20(18,19)12-14-7-9-16-10-8-14/h3-6,14,16H,7-12H2,1-2H3. The molecule has 1 aliphatic heterocycles. The molecule has 4 nitrogen and oxygen atoms in total. The van der Waals surface area contributed by atoms with Crippen LogP contribution in [0.5, 0.6) is 0 Å². The Morgan fingerprint density at radius 1 is 1.25 bits per heavy atom. The van der Waals surface area contributed by atoms with E-state index in [1.54, 1.807) is 7.05 Å². The van der Waals surface area contributed by atoms with Crippen LogP contribution >= 0.6 is 0 Å². The molecule has 0 radical (unpaired) electrons. The van der Waals surface area contributed by atoms with E-state index in [1.165, 1.54) is 4.31 Å². The van der Waals surface area contributed by atoms with Crippen LogP contribution < -0.4 is 5.32 Å². The molecule has 1 aromatic carbocycles. The molecule has 2 rings (SSSR count). The van der Waals surface area contributed by atoms with Gasteiger partial charge in [0.25, 0.3) is 0 Å². The molecule has 0 unspecified atom stereocenters. The number of sulfonamides is 1. The van der Waals surface area contributed by atoms with Crippen molar-refractivity contribution in [1.82, 2.24) is 9.62 Å². The number of hydrogen-bond donors (Lipinski definition) is 1. The van der Waals surface area contributed by atoms with Crippen LogP contribution in [-0.2, 0) is 16.6 Å². The molecule has 0 aromatic heterocycles. The second-order valence-corrected chi connectivity index (χ2v) is 7.77. The van der Waals surface area contributed by atoms with Gasteiger partial charge in [-0.1, -0.05) is 24.3 Å². The molecule has 5 heteroatoms. The lowest BCUT2D eigenvalue weighted by Crippen LogP contribution is -2.36. The molecule has 0 amide bonds. The van der Waals surface area contributed by atoms with Crippen molar-refractivity contribution in [2.45, 2.75) is 26.3 Å². The van der Waals surface area contributed by atoms with E-state index in [0.717, 1.165) is 37.1 Å². The molecular weight excluding hydrogens is 272 g/mol. The van der Waals surface area contributed by atoms with Gasteiger partial charge >= 0.3 is 0 Å². The molecule has 1 N–H and O–H groups in total. The number of nitrogens with zero attached hydrogens (tertiary/aromatic N) is 1. The third-order valence-corrected chi connectivity index (χ3v) is 6.01. The van der Waals surface area contributed by atoms with Crippen LogP contribution in [0.4, 0.5) is 0 Å². The van der Waals surface area contributed by atoms with Gasteiger partial charge in [0, 0.05) is 13.6 Å². The minimum absolute atomic E-state index is 0.275. The number of piperidine rings is 1. The topological polar surface area (TPSA) is 49.4 Å². The third-order valence-electron chi connectivity index (χ3n) is 4.03. The van der Waals surface area contributed by atoms with Crippen molar-refractivity contribution in [2.75, 3.05) is 25.9 Å². The van der Waals surface area contributed by atoms with Crippen LogP contribution in [0.2, 0.25) is 0 Å². The van der Waals surface area contributed by atoms with Gasteiger partial charge in [0.15, 0.2) is 0 Å². The van der Waals surface area contributed by atoms with Crippen molar-refractivity contribution in [3.8, 4) is 0 Å². The Bertz CT molecular complexity index is 537. The summed E-state index contributed by atoms with van der Waals surface area (Å²) in [5.74, 6) is 0.567. The molecular formula is C15H24N2O2S. The van der Waals surface area contributed by atoms with Crippen molar-refractivity contribution in [2.24, 2.45) is 5.92 Å². The molecule has 1 aromatic rings. The van der Waals surface area contributed by atoms with Crippen molar-refractivity contribution in [3.05, 3.63) is 35.4 Å². The SMILES string of the molecule is Cc1ccccc1CN(C)S(=O)(=O)CC1CCNCC1. The summed E-state index contributed by atoms with van der Waals surface area (Å²) in [7, 11) is -1.49. The van der Waals surface area contributed by atoms with Crippen molar-refractivity contribution in [1.29, 1.82) is 0 Å². The van der Waals surface area contributed by atoms with Crippen LogP contribution in [-0.4, -0.2) is 38.6 Å². The van der Waals surface area contributed by atoms with Crippen molar-refractivity contribution in [3.63, 3.8) is 0 Å². The maximum Gasteiger partial charge on any atom is 0.214 e. The molecule has 0 saturated carbocycles. The molecule has 20 heavy (non-hydrogen) atoms. The number of benzene rings is 1. The van der Waals surface area contributed by atoms with E-state index in [-0.39, 0.29) is 5.75 Å². The number of hydrogen-bond acceptors (Lipinski definition) is 3. The lowest BCUT2D eigenvalue weighted by atomic mass is 10.0. The highest BCUT2D eigenvalue weighted by Crippen LogP contribution is 2.18. The largest absolute Gasteiger partial charge is 0.317 e. The summed E-state index contributed by atoms with van der Waals surface area (Å²) in [5, 5.41) is 3.27. The Hall–Kier alpha value is -0.910. The van der Waals surface area contributed by atoms with E-state index in [9.17, 15) is 8.42 Å². The lowest BCUT2D eigenvalue weighted by molar-refractivity contribution is 0.388. The third kappa shape index (κ3) is 4.04. The van der Waals surface area contributed by atoms with Gasteiger partial charge in [-0.3, -0.25) is 0 Å². The molecule has 1 heterocycles. The first-order valence-corrected chi connectivity index (χ1v) is 8.79. The predicted octanol–water partition coefficient (Wildman–Crippen LogP) is 1.76. The average Bonchev–Trinajstić information content (AvgIpc) is 2.42. The maximum atomic E-state index is 12.4. The summed E-state index contributed by atoms with van der Waals surface area (Å²) in [6.45, 7) is 4.34. The molecule has 1 saturated heterocycles. The molecule has 1 fully saturated rings. The quantitative estimate of drug-likeness (QED) is 0.900. The minimum atomic E-state index is -3.17. The van der Waals surface area contributed by atoms with E-state index >= 15 is 0 Å². The summed E-state index contributed by atoms with van der Waals surface area (Å²) in [4.78, 5) is 0. The first-order chi connectivity index (χ1) is 9.49. The smallest absolute Gasteiger partial charge is 0.214 e. The Balaban J connectivity index is 1.99. The fraction of sp³-hybridized carbons (Fsp3) is 0.600. The van der Waals surface area contributed by atoms with Gasteiger partial charge in [0.05, 0.1) is 5.75 Å². The van der Waals surface area contributed by atoms with E-state index in [2.05, 4.69) is 5.32 Å². The summed E-state index contributed by atoms with van der Waals surface area (Å²) in [5.41, 5.74) is 2.21. The highest BCUT2D eigenvalue weighted by molar-refractivity contribution is 7.89. The Labute approximate surface area is 122 Å². The van der Waals surface area contributed by atoms with Gasteiger partial charge in [-0.25, -0.2) is 12.7 Å². The second kappa shape index (κ2) is 6.70. The molecule has 0 atom stereocenters. The predicted molar refractivity (Wildman–Crippen MR) is 82.0 cm³/mol. The van der Waals surface area contributed by atoms with Gasteiger partial charge < -0.3 is 5.32 Å². The lowest BCUT2D eigenvalue weighted by Gasteiger charge is -2.25. The Morgan fingerprint density at radius 2 is 1.90 bits per heavy atom. The second-order valence-electron chi connectivity index (χ2n) is 5.65. The first-order valence-electron chi connectivity index (χ1n) is 7.18. The molecule has 1 aliphatic rings. The van der Waals surface area contributed by atoms with Gasteiger partial charge in [0.2, 0.25) is 10.0 Å². The normalized spacial score (nSPS) is 17.6. The van der Waals surface area contributed by atoms with Crippen LogP contribution in [0.25, 0.3) is 0 Å². The molecule has 0 aliphatic carbocycles. The zero-order valence-electron chi connectivity index (χ0n) is 12.3. The van der Waals surface area contributed by atoms with Crippen LogP contribution in [0.15, 0.2) is 24.3 Å². The Kier molecular flexibility index (Phi) is 5.18. The fourth-order valence-electron chi connectivity index (χ4n) is 2.60. The number of rotatable bonds is 5. The summed E-state index contributed by atoms with van der Waals surface area (Å²) in [6.07, 6.45) is 1.91. The summed E-state index contributed by atoms with van der Waals surface area (Å²) >= 11 is 0. The van der Waals surface area contributed by atoms with Gasteiger partial charge in [-0.05, 0) is 49.9 Å². The first kappa shape index (κ1) is 15.5. The number of nitrogens with one attached hydrogen (secondary N) is 1. The van der Waals surface area contributed by atoms with Gasteiger partial charge in [-0.2, -0.15) is 0 Å². The Morgan fingerprint density at radius 3 is 2.55 bits per heavy atom. The van der Waals surface area contributed by atoms with Crippen LogP contribution in [0.3, 0.4) is 0 Å². The maximum absolute atomic E-state index is 12.4. The minimum Gasteiger partial charge on any atom is -0.317 e. The summed E-state index contributed by atoms with van der Waals surface area (Å²) in [6, 6.07) is 7.94. The highest BCUT2D eigenvalue weighted by Gasteiger charge is 2.25. The highest BCUT2D eigenvalue weighted by atomic mass is 32.2. The van der Waals surface area contributed by atoms with Crippen LogP contribution in [0, 0.1) is 12.8 Å². The van der Waals surface area contributed by atoms with E-state index in [0.29, 0.717) is 12.5 Å². The zero-order chi connectivity index (χ0) is 14.6. The average molecular weight is 296 g/mol. The number of aryl methyl sites for hydroxylation is 1. The van der Waals surface area contributed by atoms with Crippen molar-refractivity contribution >= 4 is 10.0 Å². The molecule has 112 valence electrons. The van der Waals surface area contributed by atoms with Gasteiger partial charge in [0.1, 0.15) is 0 Å². The van der Waals surface area contributed by atoms with Gasteiger partial charge in [-0.15, -0.1) is 0 Å². The van der Waals surface area contributed by atoms with E-state index in [1.807, 2.05) is 31.2 Å². The van der Waals surface area contributed by atoms with E-state index < -0.39 is 10.0 Å².